The number of anilines is 1. The van der Waals surface area contributed by atoms with E-state index in [9.17, 15) is 9.90 Å². The summed E-state index contributed by atoms with van der Waals surface area (Å²) in [5.41, 5.74) is 5.92. The number of para-hydroxylation sites is 1. The number of carbonyl (C=O) groups excluding carboxylic acids is 1. The van der Waals surface area contributed by atoms with E-state index in [2.05, 4.69) is 10.3 Å². The predicted octanol–water partition coefficient (Wildman–Crippen LogP) is 1.39. The number of phenols is 1. The van der Waals surface area contributed by atoms with E-state index in [4.69, 9.17) is 5.73 Å². The van der Waals surface area contributed by atoms with Crippen molar-refractivity contribution in [1.29, 1.82) is 0 Å². The van der Waals surface area contributed by atoms with Crippen molar-refractivity contribution in [3.63, 3.8) is 0 Å². The summed E-state index contributed by atoms with van der Waals surface area (Å²) in [4.78, 5) is 16.4. The molecule has 0 atom stereocenters. The Balaban J connectivity index is 2.27. The summed E-state index contributed by atoms with van der Waals surface area (Å²) in [5, 5.41) is 12.7. The monoisotopic (exact) mass is 257 g/mol. The van der Waals surface area contributed by atoms with Gasteiger partial charge in [-0.15, -0.1) is 0 Å². The summed E-state index contributed by atoms with van der Waals surface area (Å²) < 4.78 is 0. The standard InChI is InChI=1S/C14H15N3O2/c15-8-9-16-13-7-3-5-11(17-13)14(19)10-4-1-2-6-12(10)18/h1-7,18H,8-9,15H2,(H,16,17). The fraction of sp³-hybridized carbons (Fsp3) is 0.143. The third kappa shape index (κ3) is 3.08. The van der Waals surface area contributed by atoms with Crippen molar-refractivity contribution in [2.24, 2.45) is 5.73 Å². The molecule has 0 aliphatic carbocycles. The van der Waals surface area contributed by atoms with E-state index in [0.29, 0.717) is 18.9 Å². The average molecular weight is 257 g/mol. The van der Waals surface area contributed by atoms with Crippen molar-refractivity contribution in [1.82, 2.24) is 4.98 Å². The van der Waals surface area contributed by atoms with Crippen LogP contribution in [0.1, 0.15) is 16.1 Å². The molecule has 0 bridgehead atoms. The van der Waals surface area contributed by atoms with Crippen LogP contribution in [-0.4, -0.2) is 29.0 Å². The van der Waals surface area contributed by atoms with E-state index in [1.165, 1.54) is 6.07 Å². The number of pyridine rings is 1. The molecule has 0 saturated heterocycles. The summed E-state index contributed by atoms with van der Waals surface area (Å²) in [5.74, 6) is 0.232. The average Bonchev–Trinajstić information content (AvgIpc) is 2.45. The van der Waals surface area contributed by atoms with Crippen LogP contribution in [-0.2, 0) is 0 Å². The van der Waals surface area contributed by atoms with Crippen LogP contribution in [0.15, 0.2) is 42.5 Å². The first-order valence-corrected chi connectivity index (χ1v) is 5.96. The van der Waals surface area contributed by atoms with Gasteiger partial charge < -0.3 is 16.2 Å². The maximum absolute atomic E-state index is 12.2. The van der Waals surface area contributed by atoms with Crippen LogP contribution in [0, 0.1) is 0 Å². The highest BCUT2D eigenvalue weighted by molar-refractivity contribution is 6.09. The van der Waals surface area contributed by atoms with Crippen molar-refractivity contribution in [3.05, 3.63) is 53.7 Å². The Morgan fingerprint density at radius 1 is 1.21 bits per heavy atom. The first-order chi connectivity index (χ1) is 9.22. The Labute approximate surface area is 111 Å². The highest BCUT2D eigenvalue weighted by Crippen LogP contribution is 2.19. The molecule has 0 aliphatic heterocycles. The van der Waals surface area contributed by atoms with Gasteiger partial charge >= 0.3 is 0 Å². The van der Waals surface area contributed by atoms with Crippen molar-refractivity contribution >= 4 is 11.6 Å². The molecular formula is C14H15N3O2. The number of carbonyl (C=O) groups is 1. The van der Waals surface area contributed by atoms with Crippen LogP contribution in [0.5, 0.6) is 5.75 Å². The van der Waals surface area contributed by atoms with Gasteiger partial charge in [0.15, 0.2) is 0 Å². The zero-order valence-electron chi connectivity index (χ0n) is 10.3. The van der Waals surface area contributed by atoms with Gasteiger partial charge in [0, 0.05) is 13.1 Å². The number of rotatable bonds is 5. The molecule has 0 aliphatic rings. The zero-order chi connectivity index (χ0) is 13.7. The predicted molar refractivity (Wildman–Crippen MR) is 73.3 cm³/mol. The Kier molecular flexibility index (Phi) is 4.10. The van der Waals surface area contributed by atoms with E-state index >= 15 is 0 Å². The second-order valence-corrected chi connectivity index (χ2v) is 3.97. The molecule has 4 N–H and O–H groups in total. The second-order valence-electron chi connectivity index (χ2n) is 3.97. The molecule has 0 amide bonds. The van der Waals surface area contributed by atoms with Crippen LogP contribution in [0.25, 0.3) is 0 Å². The van der Waals surface area contributed by atoms with Gasteiger partial charge in [-0.1, -0.05) is 18.2 Å². The smallest absolute Gasteiger partial charge is 0.215 e. The third-order valence-corrected chi connectivity index (χ3v) is 2.58. The number of aromatic nitrogens is 1. The summed E-state index contributed by atoms with van der Waals surface area (Å²) in [7, 11) is 0. The second kappa shape index (κ2) is 5.97. The number of benzene rings is 1. The Morgan fingerprint density at radius 3 is 2.74 bits per heavy atom. The number of phenolic OH excluding ortho intramolecular Hbond substituents is 1. The topological polar surface area (TPSA) is 88.2 Å². The lowest BCUT2D eigenvalue weighted by molar-refractivity contribution is 0.103. The molecule has 1 aromatic carbocycles. The van der Waals surface area contributed by atoms with E-state index in [0.717, 1.165) is 0 Å². The zero-order valence-corrected chi connectivity index (χ0v) is 10.3. The molecule has 2 rings (SSSR count). The van der Waals surface area contributed by atoms with Gasteiger partial charge in [0.25, 0.3) is 0 Å². The van der Waals surface area contributed by atoms with Crippen molar-refractivity contribution < 1.29 is 9.90 Å². The SMILES string of the molecule is NCCNc1cccc(C(=O)c2ccccc2O)n1. The number of nitrogens with two attached hydrogens (primary N) is 1. The van der Waals surface area contributed by atoms with E-state index in [1.54, 1.807) is 36.4 Å². The summed E-state index contributed by atoms with van der Waals surface area (Å²) in [6, 6.07) is 11.5. The number of nitrogens with one attached hydrogen (secondary N) is 1. The maximum atomic E-state index is 12.2. The molecule has 2 aromatic rings. The minimum Gasteiger partial charge on any atom is -0.507 e. The van der Waals surface area contributed by atoms with E-state index < -0.39 is 0 Å². The van der Waals surface area contributed by atoms with Gasteiger partial charge in [-0.2, -0.15) is 0 Å². The fourth-order valence-corrected chi connectivity index (χ4v) is 1.66. The van der Waals surface area contributed by atoms with Crippen LogP contribution in [0.2, 0.25) is 0 Å². The summed E-state index contributed by atoms with van der Waals surface area (Å²) >= 11 is 0. The van der Waals surface area contributed by atoms with Crippen LogP contribution >= 0.6 is 0 Å². The van der Waals surface area contributed by atoms with Crippen molar-refractivity contribution in [3.8, 4) is 5.75 Å². The normalized spacial score (nSPS) is 10.2. The highest BCUT2D eigenvalue weighted by atomic mass is 16.3. The molecule has 1 heterocycles. The summed E-state index contributed by atoms with van der Waals surface area (Å²) in [6.07, 6.45) is 0. The molecule has 0 fully saturated rings. The molecule has 0 unspecified atom stereocenters. The number of hydrogen-bond acceptors (Lipinski definition) is 5. The summed E-state index contributed by atoms with van der Waals surface area (Å²) in [6.45, 7) is 1.07. The van der Waals surface area contributed by atoms with Gasteiger partial charge in [0.1, 0.15) is 17.3 Å². The first kappa shape index (κ1) is 13.0. The molecule has 98 valence electrons. The Hall–Kier alpha value is -2.40. The lowest BCUT2D eigenvalue weighted by Gasteiger charge is -2.06. The minimum atomic E-state index is -0.311. The molecule has 0 saturated carbocycles. The first-order valence-electron chi connectivity index (χ1n) is 5.96. The van der Waals surface area contributed by atoms with E-state index in [-0.39, 0.29) is 22.8 Å². The quantitative estimate of drug-likeness (QED) is 0.704. The molecule has 1 aromatic heterocycles. The lowest BCUT2D eigenvalue weighted by Crippen LogP contribution is -2.14. The number of aromatic hydroxyl groups is 1. The van der Waals surface area contributed by atoms with Crippen molar-refractivity contribution in [2.45, 2.75) is 0 Å². The van der Waals surface area contributed by atoms with Crippen LogP contribution in [0.4, 0.5) is 5.82 Å². The van der Waals surface area contributed by atoms with Gasteiger partial charge in [-0.3, -0.25) is 4.79 Å². The Morgan fingerprint density at radius 2 is 2.00 bits per heavy atom. The highest BCUT2D eigenvalue weighted by Gasteiger charge is 2.14. The van der Waals surface area contributed by atoms with Crippen LogP contribution in [0.3, 0.4) is 0 Å². The van der Waals surface area contributed by atoms with Gasteiger partial charge in [-0.25, -0.2) is 4.98 Å². The number of nitrogens with zero attached hydrogens (tertiary/aromatic N) is 1. The molecule has 19 heavy (non-hydrogen) atoms. The molecule has 5 nitrogen and oxygen atoms in total. The van der Waals surface area contributed by atoms with Crippen molar-refractivity contribution in [2.75, 3.05) is 18.4 Å². The maximum Gasteiger partial charge on any atom is 0.215 e. The molecule has 0 radical (unpaired) electrons. The molecular weight excluding hydrogens is 242 g/mol. The van der Waals surface area contributed by atoms with Gasteiger partial charge in [0.2, 0.25) is 5.78 Å². The largest absolute Gasteiger partial charge is 0.507 e. The number of hydrogen-bond donors (Lipinski definition) is 3. The lowest BCUT2D eigenvalue weighted by atomic mass is 10.1. The molecule has 0 spiro atoms. The van der Waals surface area contributed by atoms with E-state index in [1.807, 2.05) is 0 Å². The van der Waals surface area contributed by atoms with Crippen LogP contribution < -0.4 is 11.1 Å². The third-order valence-electron chi connectivity index (χ3n) is 2.58. The van der Waals surface area contributed by atoms with Gasteiger partial charge in [0.05, 0.1) is 5.56 Å². The van der Waals surface area contributed by atoms with Gasteiger partial charge in [-0.05, 0) is 24.3 Å². The fourth-order valence-electron chi connectivity index (χ4n) is 1.66. The minimum absolute atomic E-state index is 0.0466. The number of ketones is 1. The Bertz CT molecular complexity index is 584. The molecule has 5 heteroatoms.